The van der Waals surface area contributed by atoms with Crippen LogP contribution in [0.5, 0.6) is 0 Å². The quantitative estimate of drug-likeness (QED) is 0.637. The highest BCUT2D eigenvalue weighted by molar-refractivity contribution is 5.82. The molecule has 2 rings (SSSR count). The van der Waals surface area contributed by atoms with Crippen molar-refractivity contribution in [3.05, 3.63) is 0 Å². The first kappa shape index (κ1) is 13.8. The second kappa shape index (κ2) is 6.50. The molecule has 0 spiro atoms. The van der Waals surface area contributed by atoms with Crippen LogP contribution < -0.4 is 10.6 Å². The molecule has 2 atom stereocenters. The predicted molar refractivity (Wildman–Crippen MR) is 70.3 cm³/mol. The normalized spacial score (nSPS) is 30.6. The molecule has 2 fully saturated rings. The summed E-state index contributed by atoms with van der Waals surface area (Å²) in [6.07, 6.45) is 2.70. The number of rotatable bonds is 4. The molecule has 0 aliphatic carbocycles. The van der Waals surface area contributed by atoms with Gasteiger partial charge in [0.2, 0.25) is 5.91 Å². The van der Waals surface area contributed by atoms with Gasteiger partial charge in [0, 0.05) is 19.6 Å². The first-order chi connectivity index (χ1) is 8.65. The molecule has 0 aromatic heterocycles. The van der Waals surface area contributed by atoms with Crippen LogP contribution in [0.25, 0.3) is 0 Å². The highest BCUT2D eigenvalue weighted by Crippen LogP contribution is 2.15. The van der Waals surface area contributed by atoms with E-state index in [4.69, 9.17) is 0 Å². The topological polar surface area (TPSA) is 64.6 Å². The second-order valence-electron chi connectivity index (χ2n) is 5.67. The van der Waals surface area contributed by atoms with Gasteiger partial charge in [-0.25, -0.2) is 0 Å². The third-order valence-electron chi connectivity index (χ3n) is 4.03. The van der Waals surface area contributed by atoms with Crippen LogP contribution in [0, 0.1) is 5.92 Å². The monoisotopic (exact) mass is 255 g/mol. The van der Waals surface area contributed by atoms with E-state index in [2.05, 4.69) is 22.5 Å². The molecule has 0 bridgehead atoms. The van der Waals surface area contributed by atoms with Crippen molar-refractivity contribution >= 4 is 5.91 Å². The molecule has 2 aliphatic heterocycles. The SMILES string of the molecule is CC1CCN(CCNC(=O)[C@H]2C[C@@H](O)CN2)CC1. The van der Waals surface area contributed by atoms with Gasteiger partial charge in [0.15, 0.2) is 0 Å². The minimum Gasteiger partial charge on any atom is -0.392 e. The number of β-amino-alcohol motifs (C(OH)–C–C–N with tert-alkyl or cyclic N) is 1. The number of piperidine rings is 1. The van der Waals surface area contributed by atoms with Crippen molar-refractivity contribution < 1.29 is 9.90 Å². The van der Waals surface area contributed by atoms with E-state index in [-0.39, 0.29) is 18.1 Å². The molecule has 0 aromatic carbocycles. The van der Waals surface area contributed by atoms with Crippen LogP contribution in [0.1, 0.15) is 26.2 Å². The third-order valence-corrected chi connectivity index (χ3v) is 4.03. The summed E-state index contributed by atoms with van der Waals surface area (Å²) < 4.78 is 0. The van der Waals surface area contributed by atoms with Gasteiger partial charge in [0.05, 0.1) is 12.1 Å². The van der Waals surface area contributed by atoms with Crippen LogP contribution in [0.3, 0.4) is 0 Å². The van der Waals surface area contributed by atoms with E-state index in [0.29, 0.717) is 19.5 Å². The zero-order valence-corrected chi connectivity index (χ0v) is 11.2. The lowest BCUT2D eigenvalue weighted by Crippen LogP contribution is -2.44. The van der Waals surface area contributed by atoms with Gasteiger partial charge in [-0.3, -0.25) is 4.79 Å². The van der Waals surface area contributed by atoms with E-state index in [9.17, 15) is 9.90 Å². The molecule has 5 heteroatoms. The Balaban J connectivity index is 1.59. The van der Waals surface area contributed by atoms with Crippen LogP contribution in [0.2, 0.25) is 0 Å². The number of nitrogens with one attached hydrogen (secondary N) is 2. The van der Waals surface area contributed by atoms with Crippen molar-refractivity contribution in [2.45, 2.75) is 38.3 Å². The van der Waals surface area contributed by atoms with Gasteiger partial charge in [-0.2, -0.15) is 0 Å². The summed E-state index contributed by atoms with van der Waals surface area (Å²) >= 11 is 0. The van der Waals surface area contributed by atoms with Crippen molar-refractivity contribution in [3.63, 3.8) is 0 Å². The highest BCUT2D eigenvalue weighted by atomic mass is 16.3. The smallest absolute Gasteiger partial charge is 0.237 e. The maximum Gasteiger partial charge on any atom is 0.237 e. The van der Waals surface area contributed by atoms with Crippen LogP contribution >= 0.6 is 0 Å². The van der Waals surface area contributed by atoms with E-state index < -0.39 is 0 Å². The van der Waals surface area contributed by atoms with Crippen LogP contribution in [-0.4, -0.2) is 60.8 Å². The van der Waals surface area contributed by atoms with Gasteiger partial charge in [-0.1, -0.05) is 6.92 Å². The molecule has 104 valence electrons. The number of aliphatic hydroxyl groups is 1. The molecule has 0 aromatic rings. The molecule has 1 amide bonds. The molecule has 0 saturated carbocycles. The fraction of sp³-hybridized carbons (Fsp3) is 0.923. The Labute approximate surface area is 109 Å². The highest BCUT2D eigenvalue weighted by Gasteiger charge is 2.27. The van der Waals surface area contributed by atoms with Gasteiger partial charge in [0.1, 0.15) is 0 Å². The number of nitrogens with zero attached hydrogens (tertiary/aromatic N) is 1. The fourth-order valence-corrected chi connectivity index (χ4v) is 2.66. The van der Waals surface area contributed by atoms with E-state index >= 15 is 0 Å². The molecule has 2 aliphatic rings. The first-order valence-corrected chi connectivity index (χ1v) is 7.06. The lowest BCUT2D eigenvalue weighted by molar-refractivity contribution is -0.123. The number of aliphatic hydroxyl groups excluding tert-OH is 1. The molecule has 2 heterocycles. The number of amides is 1. The predicted octanol–water partition coefficient (Wildman–Crippen LogP) is -0.443. The minimum atomic E-state index is -0.371. The van der Waals surface area contributed by atoms with Gasteiger partial charge in [-0.05, 0) is 38.3 Å². The number of carbonyl (C=O) groups is 1. The zero-order valence-electron chi connectivity index (χ0n) is 11.2. The Morgan fingerprint density at radius 2 is 2.17 bits per heavy atom. The van der Waals surface area contributed by atoms with Gasteiger partial charge in [0.25, 0.3) is 0 Å². The molecule has 5 nitrogen and oxygen atoms in total. The third kappa shape index (κ3) is 3.93. The van der Waals surface area contributed by atoms with Crippen molar-refractivity contribution in [1.29, 1.82) is 0 Å². The summed E-state index contributed by atoms with van der Waals surface area (Å²) in [7, 11) is 0. The van der Waals surface area contributed by atoms with Crippen LogP contribution in [0.15, 0.2) is 0 Å². The molecule has 0 unspecified atom stereocenters. The summed E-state index contributed by atoms with van der Waals surface area (Å²) in [6, 6.07) is -0.207. The molecule has 0 radical (unpaired) electrons. The Hall–Kier alpha value is -0.650. The lowest BCUT2D eigenvalue weighted by atomic mass is 9.99. The molecule has 3 N–H and O–H groups in total. The number of carbonyl (C=O) groups excluding carboxylic acids is 1. The van der Waals surface area contributed by atoms with E-state index in [1.165, 1.54) is 12.8 Å². The molecular formula is C13H25N3O2. The zero-order chi connectivity index (χ0) is 13.0. The summed E-state index contributed by atoms with van der Waals surface area (Å²) in [4.78, 5) is 14.2. The maximum atomic E-state index is 11.8. The van der Waals surface area contributed by atoms with Gasteiger partial charge in [-0.15, -0.1) is 0 Å². The average molecular weight is 255 g/mol. The number of hydrogen-bond donors (Lipinski definition) is 3. The Bertz CT molecular complexity index is 277. The number of hydrogen-bond acceptors (Lipinski definition) is 4. The van der Waals surface area contributed by atoms with E-state index in [1.807, 2.05) is 0 Å². The Morgan fingerprint density at radius 3 is 2.78 bits per heavy atom. The van der Waals surface area contributed by atoms with Gasteiger partial charge >= 0.3 is 0 Å². The summed E-state index contributed by atoms with van der Waals surface area (Å²) in [5, 5.41) is 15.3. The van der Waals surface area contributed by atoms with E-state index in [1.54, 1.807) is 0 Å². The number of likely N-dealkylation sites (tertiary alicyclic amines) is 1. The summed E-state index contributed by atoms with van der Waals surface area (Å²) in [5.74, 6) is 0.872. The largest absolute Gasteiger partial charge is 0.392 e. The van der Waals surface area contributed by atoms with Crippen molar-refractivity contribution in [1.82, 2.24) is 15.5 Å². The van der Waals surface area contributed by atoms with E-state index in [0.717, 1.165) is 25.6 Å². The minimum absolute atomic E-state index is 0.0249. The first-order valence-electron chi connectivity index (χ1n) is 7.06. The van der Waals surface area contributed by atoms with Gasteiger partial charge < -0.3 is 20.6 Å². The average Bonchev–Trinajstić information content (AvgIpc) is 2.78. The second-order valence-corrected chi connectivity index (χ2v) is 5.67. The standard InChI is InChI=1S/C13H25N3O2/c1-10-2-5-16(6-3-10)7-4-14-13(18)12-8-11(17)9-15-12/h10-12,15,17H,2-9H2,1H3,(H,14,18)/t11-,12-/m1/s1. The van der Waals surface area contributed by atoms with Crippen LogP contribution in [-0.2, 0) is 4.79 Å². The lowest BCUT2D eigenvalue weighted by Gasteiger charge is -2.30. The molecular weight excluding hydrogens is 230 g/mol. The fourth-order valence-electron chi connectivity index (χ4n) is 2.66. The molecule has 2 saturated heterocycles. The van der Waals surface area contributed by atoms with Crippen molar-refractivity contribution in [3.8, 4) is 0 Å². The van der Waals surface area contributed by atoms with Crippen LogP contribution in [0.4, 0.5) is 0 Å². The summed E-state index contributed by atoms with van der Waals surface area (Å²) in [5.41, 5.74) is 0. The Kier molecular flexibility index (Phi) is 4.97. The Morgan fingerprint density at radius 1 is 1.44 bits per heavy atom. The summed E-state index contributed by atoms with van der Waals surface area (Å²) in [6.45, 7) is 6.78. The maximum absolute atomic E-state index is 11.8. The van der Waals surface area contributed by atoms with Crippen molar-refractivity contribution in [2.24, 2.45) is 5.92 Å². The van der Waals surface area contributed by atoms with Crippen molar-refractivity contribution in [2.75, 3.05) is 32.7 Å². The molecule has 18 heavy (non-hydrogen) atoms.